The predicted molar refractivity (Wildman–Crippen MR) is 101 cm³/mol. The van der Waals surface area contributed by atoms with Gasteiger partial charge in [-0.25, -0.2) is 9.97 Å². The van der Waals surface area contributed by atoms with E-state index >= 15 is 0 Å². The predicted octanol–water partition coefficient (Wildman–Crippen LogP) is 1.95. The third kappa shape index (κ3) is 3.73. The van der Waals surface area contributed by atoms with Gasteiger partial charge in [0.25, 0.3) is 0 Å². The van der Waals surface area contributed by atoms with Crippen LogP contribution in [0.25, 0.3) is 0 Å². The van der Waals surface area contributed by atoms with Crippen LogP contribution < -0.4 is 16.0 Å². The van der Waals surface area contributed by atoms with Gasteiger partial charge < -0.3 is 20.7 Å². The Bertz CT molecular complexity index is 851. The standard InChI is InChI=1S/C17H19N7OS/c18-17-23-22-16(26-17)15(12-4-2-1-3-5-12)21-13-10-14(20-11-19-13)24-6-8-25-9-7-24/h1-5,10-11,15H,6-9H2,(H2,18,23)(H,19,20,21)/t15-/m1/s1. The van der Waals surface area contributed by atoms with Gasteiger partial charge in [0.05, 0.1) is 13.2 Å². The lowest BCUT2D eigenvalue weighted by Gasteiger charge is -2.28. The number of rotatable bonds is 5. The number of nitrogens with one attached hydrogen (secondary N) is 1. The van der Waals surface area contributed by atoms with Gasteiger partial charge in [-0.1, -0.05) is 41.7 Å². The van der Waals surface area contributed by atoms with Crippen molar-refractivity contribution < 1.29 is 4.74 Å². The zero-order valence-corrected chi connectivity index (χ0v) is 14.9. The molecule has 1 aliphatic heterocycles. The van der Waals surface area contributed by atoms with Crippen molar-refractivity contribution in [2.45, 2.75) is 6.04 Å². The molecule has 1 atom stereocenters. The van der Waals surface area contributed by atoms with Gasteiger partial charge >= 0.3 is 0 Å². The fraction of sp³-hybridized carbons (Fsp3) is 0.294. The largest absolute Gasteiger partial charge is 0.378 e. The van der Waals surface area contributed by atoms with E-state index in [1.807, 2.05) is 36.4 Å². The minimum absolute atomic E-state index is 0.182. The van der Waals surface area contributed by atoms with Crippen molar-refractivity contribution >= 4 is 28.1 Å². The van der Waals surface area contributed by atoms with E-state index in [9.17, 15) is 0 Å². The van der Waals surface area contributed by atoms with E-state index in [1.54, 1.807) is 6.33 Å². The molecule has 0 aliphatic carbocycles. The Morgan fingerprint density at radius 1 is 1.12 bits per heavy atom. The van der Waals surface area contributed by atoms with Gasteiger partial charge in [0.1, 0.15) is 29.0 Å². The van der Waals surface area contributed by atoms with Crippen molar-refractivity contribution in [1.82, 2.24) is 20.2 Å². The van der Waals surface area contributed by atoms with Crippen LogP contribution in [0.3, 0.4) is 0 Å². The van der Waals surface area contributed by atoms with Gasteiger partial charge in [-0.3, -0.25) is 0 Å². The molecule has 3 heterocycles. The summed E-state index contributed by atoms with van der Waals surface area (Å²) in [5, 5.41) is 12.8. The number of nitrogens with zero attached hydrogens (tertiary/aromatic N) is 5. The second-order valence-electron chi connectivity index (χ2n) is 5.83. The molecular formula is C17H19N7OS. The van der Waals surface area contributed by atoms with Crippen LogP contribution in [0.5, 0.6) is 0 Å². The Labute approximate surface area is 155 Å². The highest BCUT2D eigenvalue weighted by molar-refractivity contribution is 7.15. The maximum Gasteiger partial charge on any atom is 0.203 e. The molecule has 2 aromatic heterocycles. The molecule has 0 unspecified atom stereocenters. The van der Waals surface area contributed by atoms with Crippen LogP contribution in [-0.2, 0) is 4.74 Å². The quantitative estimate of drug-likeness (QED) is 0.704. The first-order chi connectivity index (χ1) is 12.8. The van der Waals surface area contributed by atoms with Crippen molar-refractivity contribution in [3.8, 4) is 0 Å². The number of anilines is 3. The van der Waals surface area contributed by atoms with Crippen molar-refractivity contribution in [1.29, 1.82) is 0 Å². The lowest BCUT2D eigenvalue weighted by Crippen LogP contribution is -2.36. The summed E-state index contributed by atoms with van der Waals surface area (Å²) in [7, 11) is 0. The highest BCUT2D eigenvalue weighted by Gasteiger charge is 2.20. The van der Waals surface area contributed by atoms with Crippen LogP contribution in [-0.4, -0.2) is 46.5 Å². The summed E-state index contributed by atoms with van der Waals surface area (Å²) >= 11 is 1.36. The molecule has 4 rings (SSSR count). The van der Waals surface area contributed by atoms with Crippen LogP contribution >= 0.6 is 11.3 Å². The summed E-state index contributed by atoms with van der Waals surface area (Å²) in [5.41, 5.74) is 6.85. The zero-order chi connectivity index (χ0) is 17.8. The first kappa shape index (κ1) is 16.7. The normalized spacial score (nSPS) is 15.6. The number of nitrogens with two attached hydrogens (primary N) is 1. The molecule has 3 N–H and O–H groups in total. The molecule has 26 heavy (non-hydrogen) atoms. The molecule has 1 aliphatic rings. The lowest BCUT2D eigenvalue weighted by atomic mass is 10.1. The van der Waals surface area contributed by atoms with Gasteiger partial charge in [-0.2, -0.15) is 0 Å². The number of hydrogen-bond donors (Lipinski definition) is 2. The molecular weight excluding hydrogens is 350 g/mol. The zero-order valence-electron chi connectivity index (χ0n) is 14.1. The molecule has 134 valence electrons. The van der Waals surface area contributed by atoms with Crippen LogP contribution in [0, 0.1) is 0 Å². The number of nitrogen functional groups attached to an aromatic ring is 1. The molecule has 0 amide bonds. The maximum atomic E-state index is 5.78. The molecule has 0 radical (unpaired) electrons. The first-order valence-corrected chi connectivity index (χ1v) is 9.16. The first-order valence-electron chi connectivity index (χ1n) is 8.35. The van der Waals surface area contributed by atoms with Crippen molar-refractivity contribution in [2.75, 3.05) is 42.3 Å². The summed E-state index contributed by atoms with van der Waals surface area (Å²) in [6.45, 7) is 3.07. The highest BCUT2D eigenvalue weighted by Crippen LogP contribution is 2.29. The number of hydrogen-bond acceptors (Lipinski definition) is 9. The summed E-state index contributed by atoms with van der Waals surface area (Å²) in [4.78, 5) is 11.0. The maximum absolute atomic E-state index is 5.78. The van der Waals surface area contributed by atoms with E-state index in [-0.39, 0.29) is 6.04 Å². The average Bonchev–Trinajstić information content (AvgIpc) is 3.14. The third-order valence-corrected chi connectivity index (χ3v) is 4.93. The molecule has 8 nitrogen and oxygen atoms in total. The summed E-state index contributed by atoms with van der Waals surface area (Å²) in [6, 6.07) is 11.8. The smallest absolute Gasteiger partial charge is 0.203 e. The Balaban J connectivity index is 1.61. The van der Waals surface area contributed by atoms with Gasteiger partial charge in [0.2, 0.25) is 5.13 Å². The Morgan fingerprint density at radius 3 is 2.65 bits per heavy atom. The van der Waals surface area contributed by atoms with Gasteiger partial charge in [-0.15, -0.1) is 10.2 Å². The second kappa shape index (κ2) is 7.63. The van der Waals surface area contributed by atoms with E-state index in [4.69, 9.17) is 10.5 Å². The monoisotopic (exact) mass is 369 g/mol. The van der Waals surface area contributed by atoms with Crippen LogP contribution in [0.4, 0.5) is 16.8 Å². The van der Waals surface area contributed by atoms with Gasteiger partial charge in [0, 0.05) is 19.2 Å². The van der Waals surface area contributed by atoms with Crippen molar-refractivity contribution in [3.05, 3.63) is 53.3 Å². The number of morpholine rings is 1. The number of ether oxygens (including phenoxy) is 1. The molecule has 9 heteroatoms. The van der Waals surface area contributed by atoms with Crippen LogP contribution in [0.2, 0.25) is 0 Å². The molecule has 1 fully saturated rings. The van der Waals surface area contributed by atoms with Crippen molar-refractivity contribution in [2.24, 2.45) is 0 Å². The van der Waals surface area contributed by atoms with Gasteiger partial charge in [0.15, 0.2) is 0 Å². The molecule has 3 aromatic rings. The topological polar surface area (TPSA) is 102 Å². The molecule has 0 bridgehead atoms. The minimum Gasteiger partial charge on any atom is -0.378 e. The number of aromatic nitrogens is 4. The lowest BCUT2D eigenvalue weighted by molar-refractivity contribution is 0.122. The Morgan fingerprint density at radius 2 is 1.92 bits per heavy atom. The van der Waals surface area contributed by atoms with E-state index in [0.717, 1.165) is 35.3 Å². The van der Waals surface area contributed by atoms with E-state index in [1.165, 1.54) is 11.3 Å². The Hall–Kier alpha value is -2.78. The fourth-order valence-electron chi connectivity index (χ4n) is 2.84. The van der Waals surface area contributed by atoms with Gasteiger partial charge in [-0.05, 0) is 5.56 Å². The number of benzene rings is 1. The molecule has 1 aromatic carbocycles. The summed E-state index contributed by atoms with van der Waals surface area (Å²) < 4.78 is 5.41. The average molecular weight is 369 g/mol. The molecule has 0 spiro atoms. The summed E-state index contributed by atoms with van der Waals surface area (Å²) in [6.07, 6.45) is 1.57. The fourth-order valence-corrected chi connectivity index (χ4v) is 3.53. The van der Waals surface area contributed by atoms with Crippen LogP contribution in [0.15, 0.2) is 42.7 Å². The van der Waals surface area contributed by atoms with Crippen molar-refractivity contribution in [3.63, 3.8) is 0 Å². The summed E-state index contributed by atoms with van der Waals surface area (Å²) in [5.74, 6) is 1.61. The second-order valence-corrected chi connectivity index (χ2v) is 6.87. The minimum atomic E-state index is -0.182. The van der Waals surface area contributed by atoms with Crippen LogP contribution in [0.1, 0.15) is 16.6 Å². The third-order valence-electron chi connectivity index (χ3n) is 4.12. The SMILES string of the molecule is Nc1nnc([C@H](Nc2cc(N3CCOCC3)ncn2)c2ccccc2)s1. The van der Waals surface area contributed by atoms with E-state index in [0.29, 0.717) is 18.3 Å². The molecule has 1 saturated heterocycles. The highest BCUT2D eigenvalue weighted by atomic mass is 32.1. The molecule has 0 saturated carbocycles. The van der Waals surface area contributed by atoms with E-state index < -0.39 is 0 Å². The Kier molecular flexibility index (Phi) is 4.89. The van der Waals surface area contributed by atoms with E-state index in [2.05, 4.69) is 30.4 Å².